The van der Waals surface area contributed by atoms with Crippen molar-refractivity contribution in [3.05, 3.63) is 71.3 Å². The summed E-state index contributed by atoms with van der Waals surface area (Å²) >= 11 is 0. The molecule has 19 heavy (non-hydrogen) atoms. The first-order chi connectivity index (χ1) is 9.25. The Labute approximate surface area is 115 Å². The lowest BCUT2D eigenvalue weighted by Gasteiger charge is -2.10. The van der Waals surface area contributed by atoms with Gasteiger partial charge in [-0.25, -0.2) is 4.39 Å². The van der Waals surface area contributed by atoms with Gasteiger partial charge in [-0.15, -0.1) is 0 Å². The predicted octanol–water partition coefficient (Wildman–Crippen LogP) is 4.90. The van der Waals surface area contributed by atoms with Crippen LogP contribution in [0.25, 0.3) is 0 Å². The summed E-state index contributed by atoms with van der Waals surface area (Å²) in [5, 5.41) is 0. The lowest BCUT2D eigenvalue weighted by atomic mass is 9.99. The monoisotopic (exact) mass is 256 g/mol. The second-order valence-electron chi connectivity index (χ2n) is 5.11. The van der Waals surface area contributed by atoms with Crippen molar-refractivity contribution in [3.8, 4) is 0 Å². The zero-order valence-electron chi connectivity index (χ0n) is 11.5. The molecule has 0 spiro atoms. The number of hydrogen-bond acceptors (Lipinski definition) is 0. The standard InChI is InChI=1S/C18H21F/c1-15-8-5-6-12-17(15)14-18(19)13-7-11-16-9-3-2-4-10-16/h2-6,8-10,12,18H,7,11,13-14H2,1H3/t18-/m0/s1. The van der Waals surface area contributed by atoms with E-state index in [4.69, 9.17) is 0 Å². The fraction of sp³-hybridized carbons (Fsp3) is 0.333. The summed E-state index contributed by atoms with van der Waals surface area (Å²) in [6.45, 7) is 2.05. The van der Waals surface area contributed by atoms with Crippen LogP contribution in [0.3, 0.4) is 0 Å². The van der Waals surface area contributed by atoms with E-state index >= 15 is 0 Å². The van der Waals surface area contributed by atoms with Gasteiger partial charge < -0.3 is 0 Å². The van der Waals surface area contributed by atoms with Crippen LogP contribution in [-0.4, -0.2) is 6.17 Å². The average Bonchev–Trinajstić information content (AvgIpc) is 2.43. The Kier molecular flexibility index (Phi) is 5.14. The Morgan fingerprint density at radius 1 is 0.947 bits per heavy atom. The lowest BCUT2D eigenvalue weighted by molar-refractivity contribution is 0.306. The SMILES string of the molecule is Cc1ccccc1C[C@@H](F)CCCc1ccccc1. The molecule has 1 heteroatoms. The molecule has 0 saturated carbocycles. The molecule has 100 valence electrons. The Hall–Kier alpha value is -1.63. The maximum Gasteiger partial charge on any atom is 0.104 e. The maximum atomic E-state index is 14.0. The molecule has 2 aromatic rings. The summed E-state index contributed by atoms with van der Waals surface area (Å²) < 4.78 is 14.0. The second kappa shape index (κ2) is 7.08. The molecule has 0 bridgehead atoms. The molecule has 0 aliphatic heterocycles. The lowest BCUT2D eigenvalue weighted by Crippen LogP contribution is -2.06. The number of benzene rings is 2. The molecule has 2 rings (SSSR count). The van der Waals surface area contributed by atoms with Gasteiger partial charge in [0.1, 0.15) is 6.17 Å². The summed E-state index contributed by atoms with van der Waals surface area (Å²) in [6.07, 6.45) is 2.33. The Bertz CT molecular complexity index is 490. The van der Waals surface area contributed by atoms with E-state index in [0.717, 1.165) is 18.4 Å². The van der Waals surface area contributed by atoms with Gasteiger partial charge in [-0.3, -0.25) is 0 Å². The number of hydrogen-bond donors (Lipinski definition) is 0. The highest BCUT2D eigenvalue weighted by molar-refractivity contribution is 5.26. The Morgan fingerprint density at radius 2 is 1.63 bits per heavy atom. The molecule has 0 unspecified atom stereocenters. The minimum Gasteiger partial charge on any atom is -0.247 e. The number of halogens is 1. The zero-order chi connectivity index (χ0) is 13.5. The molecule has 0 radical (unpaired) electrons. The van der Waals surface area contributed by atoms with E-state index in [0.29, 0.717) is 12.8 Å². The topological polar surface area (TPSA) is 0 Å². The molecule has 0 fully saturated rings. The normalized spacial score (nSPS) is 12.3. The van der Waals surface area contributed by atoms with E-state index in [1.54, 1.807) is 0 Å². The summed E-state index contributed by atoms with van der Waals surface area (Å²) in [5.41, 5.74) is 3.62. The van der Waals surface area contributed by atoms with E-state index in [-0.39, 0.29) is 0 Å². The quantitative estimate of drug-likeness (QED) is 0.689. The highest BCUT2D eigenvalue weighted by Gasteiger charge is 2.09. The van der Waals surface area contributed by atoms with Crippen molar-refractivity contribution in [2.45, 2.75) is 38.8 Å². The van der Waals surface area contributed by atoms with Gasteiger partial charge in [0.25, 0.3) is 0 Å². The van der Waals surface area contributed by atoms with Gasteiger partial charge in [0.2, 0.25) is 0 Å². The number of rotatable bonds is 6. The molecule has 0 amide bonds. The first-order valence-corrected chi connectivity index (χ1v) is 6.98. The molecule has 0 nitrogen and oxygen atoms in total. The minimum absolute atomic E-state index is 0.543. The summed E-state index contributed by atoms with van der Waals surface area (Å²) in [6, 6.07) is 18.4. The van der Waals surface area contributed by atoms with Gasteiger partial charge in [0.05, 0.1) is 0 Å². The van der Waals surface area contributed by atoms with Gasteiger partial charge in [-0.05, 0) is 42.9 Å². The summed E-state index contributed by atoms with van der Waals surface area (Å²) in [5.74, 6) is 0. The van der Waals surface area contributed by atoms with Gasteiger partial charge >= 0.3 is 0 Å². The molecule has 0 heterocycles. The van der Waals surface area contributed by atoms with E-state index in [9.17, 15) is 4.39 Å². The van der Waals surface area contributed by atoms with Crippen LogP contribution in [0.4, 0.5) is 4.39 Å². The van der Waals surface area contributed by atoms with Gasteiger partial charge in [0.15, 0.2) is 0 Å². The van der Waals surface area contributed by atoms with Crippen molar-refractivity contribution in [1.82, 2.24) is 0 Å². The van der Waals surface area contributed by atoms with Crippen molar-refractivity contribution < 1.29 is 4.39 Å². The van der Waals surface area contributed by atoms with Crippen LogP contribution < -0.4 is 0 Å². The zero-order valence-corrected chi connectivity index (χ0v) is 11.5. The van der Waals surface area contributed by atoms with Gasteiger partial charge in [0, 0.05) is 6.42 Å². The first-order valence-electron chi connectivity index (χ1n) is 6.98. The van der Waals surface area contributed by atoms with Gasteiger partial charge in [-0.2, -0.15) is 0 Å². The highest BCUT2D eigenvalue weighted by atomic mass is 19.1. The number of alkyl halides is 1. The third kappa shape index (κ3) is 4.51. The molecule has 2 aromatic carbocycles. The van der Waals surface area contributed by atoms with Crippen molar-refractivity contribution in [3.63, 3.8) is 0 Å². The fourth-order valence-corrected chi connectivity index (χ4v) is 2.35. The third-order valence-corrected chi connectivity index (χ3v) is 3.53. The van der Waals surface area contributed by atoms with Crippen LogP contribution in [-0.2, 0) is 12.8 Å². The van der Waals surface area contributed by atoms with E-state index in [1.165, 1.54) is 11.1 Å². The molecule has 0 N–H and O–H groups in total. The van der Waals surface area contributed by atoms with E-state index in [1.807, 2.05) is 49.4 Å². The molecule has 1 atom stereocenters. The molecule has 0 aromatic heterocycles. The minimum atomic E-state index is -0.732. The predicted molar refractivity (Wildman–Crippen MR) is 79.2 cm³/mol. The Balaban J connectivity index is 1.76. The largest absolute Gasteiger partial charge is 0.247 e. The van der Waals surface area contributed by atoms with Crippen LogP contribution in [0.2, 0.25) is 0 Å². The smallest absolute Gasteiger partial charge is 0.104 e. The Morgan fingerprint density at radius 3 is 2.37 bits per heavy atom. The fourth-order valence-electron chi connectivity index (χ4n) is 2.35. The van der Waals surface area contributed by atoms with Crippen LogP contribution >= 0.6 is 0 Å². The molecule has 0 aliphatic rings. The van der Waals surface area contributed by atoms with E-state index < -0.39 is 6.17 Å². The second-order valence-corrected chi connectivity index (χ2v) is 5.11. The van der Waals surface area contributed by atoms with Crippen LogP contribution in [0.15, 0.2) is 54.6 Å². The molecule has 0 aliphatic carbocycles. The molecule has 0 saturated heterocycles. The summed E-state index contributed by atoms with van der Waals surface area (Å²) in [4.78, 5) is 0. The molecular weight excluding hydrogens is 235 g/mol. The third-order valence-electron chi connectivity index (χ3n) is 3.53. The van der Waals surface area contributed by atoms with Crippen molar-refractivity contribution in [2.75, 3.05) is 0 Å². The highest BCUT2D eigenvalue weighted by Crippen LogP contribution is 2.15. The van der Waals surface area contributed by atoms with Crippen LogP contribution in [0.1, 0.15) is 29.5 Å². The van der Waals surface area contributed by atoms with Crippen molar-refractivity contribution in [1.29, 1.82) is 0 Å². The van der Waals surface area contributed by atoms with Crippen LogP contribution in [0.5, 0.6) is 0 Å². The summed E-state index contributed by atoms with van der Waals surface area (Å²) in [7, 11) is 0. The maximum absolute atomic E-state index is 14.0. The first kappa shape index (κ1) is 13.8. The van der Waals surface area contributed by atoms with Crippen LogP contribution in [0, 0.1) is 6.92 Å². The van der Waals surface area contributed by atoms with Crippen molar-refractivity contribution in [2.24, 2.45) is 0 Å². The van der Waals surface area contributed by atoms with Gasteiger partial charge in [-0.1, -0.05) is 54.6 Å². The number of aryl methyl sites for hydroxylation is 2. The van der Waals surface area contributed by atoms with E-state index in [2.05, 4.69) is 12.1 Å². The molecular formula is C18H21F. The van der Waals surface area contributed by atoms with Crippen molar-refractivity contribution >= 4 is 0 Å². The average molecular weight is 256 g/mol.